The lowest BCUT2D eigenvalue weighted by Gasteiger charge is -2.15. The van der Waals surface area contributed by atoms with Crippen LogP contribution in [0.15, 0.2) is 34.9 Å². The molecular formula is C17H17N5O2S. The predicted octanol–water partition coefficient (Wildman–Crippen LogP) is 3.68. The highest BCUT2D eigenvalue weighted by Gasteiger charge is 2.25. The van der Waals surface area contributed by atoms with Gasteiger partial charge < -0.3 is 4.42 Å². The van der Waals surface area contributed by atoms with Crippen molar-refractivity contribution in [2.45, 2.75) is 19.8 Å². The summed E-state index contributed by atoms with van der Waals surface area (Å²) in [5, 5.41) is 2.74. The van der Waals surface area contributed by atoms with Crippen molar-refractivity contribution in [3.05, 3.63) is 36.2 Å². The Balaban J connectivity index is 1.56. The van der Waals surface area contributed by atoms with Crippen LogP contribution in [0.5, 0.6) is 0 Å². The predicted molar refractivity (Wildman–Crippen MR) is 97.2 cm³/mol. The van der Waals surface area contributed by atoms with E-state index in [-0.39, 0.29) is 6.03 Å². The molecule has 3 heterocycles. The number of aryl methyl sites for hydroxylation is 1. The van der Waals surface area contributed by atoms with Crippen LogP contribution in [0.1, 0.15) is 18.6 Å². The number of urea groups is 1. The van der Waals surface area contributed by atoms with Crippen molar-refractivity contribution in [3.63, 3.8) is 0 Å². The molecule has 7 nitrogen and oxygen atoms in total. The normalized spacial score (nSPS) is 13.8. The van der Waals surface area contributed by atoms with Crippen LogP contribution >= 0.6 is 12.8 Å². The Morgan fingerprint density at radius 1 is 1.32 bits per heavy atom. The van der Waals surface area contributed by atoms with Gasteiger partial charge in [-0.2, -0.15) is 0 Å². The number of hydrogen-bond donors (Lipinski definition) is 2. The third-order valence-corrected chi connectivity index (χ3v) is 4.34. The average molecular weight is 355 g/mol. The lowest BCUT2D eigenvalue weighted by molar-refractivity contribution is 0.238. The highest BCUT2D eigenvalue weighted by atomic mass is 32.1. The van der Waals surface area contributed by atoms with Crippen molar-refractivity contribution < 1.29 is 9.21 Å². The summed E-state index contributed by atoms with van der Waals surface area (Å²) in [5.41, 5.74) is 1.68. The molecule has 3 aromatic heterocycles. The first-order valence-corrected chi connectivity index (χ1v) is 8.46. The van der Waals surface area contributed by atoms with E-state index in [9.17, 15) is 4.79 Å². The van der Waals surface area contributed by atoms with Gasteiger partial charge >= 0.3 is 6.03 Å². The molecular weight excluding hydrogens is 338 g/mol. The third kappa shape index (κ3) is 3.58. The van der Waals surface area contributed by atoms with Gasteiger partial charge in [0.15, 0.2) is 11.4 Å². The number of thiol groups is 1. The van der Waals surface area contributed by atoms with Gasteiger partial charge in [0.25, 0.3) is 0 Å². The minimum atomic E-state index is -0.298. The second kappa shape index (κ2) is 6.36. The Bertz CT molecular complexity index is 938. The number of carbonyl (C=O) groups is 1. The van der Waals surface area contributed by atoms with Crippen LogP contribution in [0, 0.1) is 12.8 Å². The van der Waals surface area contributed by atoms with E-state index in [4.69, 9.17) is 4.42 Å². The molecule has 3 aromatic rings. The Morgan fingerprint density at radius 3 is 2.88 bits per heavy atom. The fraction of sp³-hybridized carbons (Fsp3) is 0.294. The summed E-state index contributed by atoms with van der Waals surface area (Å²) >= 11 is 4.23. The number of pyridine rings is 1. The van der Waals surface area contributed by atoms with Crippen LogP contribution in [0.4, 0.5) is 10.6 Å². The summed E-state index contributed by atoms with van der Waals surface area (Å²) < 4.78 is 6.96. The molecule has 0 spiro atoms. The molecule has 1 aliphatic carbocycles. The molecule has 1 aliphatic rings. The molecule has 8 heteroatoms. The van der Waals surface area contributed by atoms with Crippen molar-refractivity contribution in [1.29, 1.82) is 0 Å². The minimum Gasteiger partial charge on any atom is -0.460 e. The maximum absolute atomic E-state index is 12.2. The van der Waals surface area contributed by atoms with Gasteiger partial charge in [-0.15, -0.1) is 0 Å². The monoisotopic (exact) mass is 355 g/mol. The number of anilines is 1. The molecule has 25 heavy (non-hydrogen) atoms. The number of rotatable bonds is 4. The van der Waals surface area contributed by atoms with E-state index in [2.05, 4.69) is 33.1 Å². The van der Waals surface area contributed by atoms with Crippen molar-refractivity contribution in [1.82, 2.24) is 19.3 Å². The molecule has 2 amide bonds. The first-order valence-electron chi connectivity index (χ1n) is 8.06. The van der Waals surface area contributed by atoms with Crippen LogP contribution in [0.25, 0.3) is 22.6 Å². The van der Waals surface area contributed by atoms with Crippen LogP contribution in [0.2, 0.25) is 0 Å². The lowest BCUT2D eigenvalue weighted by Crippen LogP contribution is -2.29. The van der Waals surface area contributed by atoms with Gasteiger partial charge in [0.05, 0.1) is 6.20 Å². The number of nitrogens with one attached hydrogen (secondary N) is 1. The van der Waals surface area contributed by atoms with E-state index in [0.717, 1.165) is 18.6 Å². The molecule has 0 atom stereocenters. The number of hydrogen-bond acceptors (Lipinski definition) is 6. The molecule has 0 bridgehead atoms. The van der Waals surface area contributed by atoms with Crippen LogP contribution in [0.3, 0.4) is 0 Å². The topological polar surface area (TPSA) is 84.2 Å². The van der Waals surface area contributed by atoms with Crippen LogP contribution < -0.4 is 5.32 Å². The maximum Gasteiger partial charge on any atom is 0.332 e. The molecule has 1 saturated carbocycles. The minimum absolute atomic E-state index is 0.298. The van der Waals surface area contributed by atoms with Crippen molar-refractivity contribution >= 4 is 35.8 Å². The number of amides is 2. The number of aromatic nitrogens is 3. The highest BCUT2D eigenvalue weighted by molar-refractivity contribution is 7.78. The van der Waals surface area contributed by atoms with Crippen molar-refractivity contribution in [2.75, 3.05) is 11.9 Å². The Morgan fingerprint density at radius 2 is 2.16 bits per heavy atom. The van der Waals surface area contributed by atoms with Crippen LogP contribution in [-0.4, -0.2) is 31.8 Å². The van der Waals surface area contributed by atoms with E-state index in [1.165, 1.54) is 4.31 Å². The van der Waals surface area contributed by atoms with Gasteiger partial charge in [-0.1, -0.05) is 12.8 Å². The summed E-state index contributed by atoms with van der Waals surface area (Å²) in [7, 11) is 0. The molecule has 128 valence electrons. The quantitative estimate of drug-likeness (QED) is 0.698. The molecule has 0 radical (unpaired) electrons. The number of nitrogens with zero attached hydrogens (tertiary/aromatic N) is 4. The summed E-state index contributed by atoms with van der Waals surface area (Å²) in [6, 6.07) is 6.88. The van der Waals surface area contributed by atoms with E-state index >= 15 is 0 Å². The zero-order chi connectivity index (χ0) is 17.4. The first-order chi connectivity index (χ1) is 12.1. The summed E-state index contributed by atoms with van der Waals surface area (Å²) in [5.74, 6) is 2.41. The van der Waals surface area contributed by atoms with Crippen LogP contribution in [-0.2, 0) is 0 Å². The molecule has 4 rings (SSSR count). The van der Waals surface area contributed by atoms with E-state index < -0.39 is 0 Å². The standard InChI is InChI=1S/C17H17N5O2S/c1-10-2-6-14(24-10)13-8-18-12-5-7-15(20-16(12)19-13)21-17(23)22(25)9-11-3-4-11/h2,5-8,11,25H,3-4,9H2,1H3,(H,19,20,21,23). The zero-order valence-corrected chi connectivity index (χ0v) is 14.5. The second-order valence-corrected chi connectivity index (χ2v) is 6.64. The Hall–Kier alpha value is -2.61. The molecule has 0 aliphatic heterocycles. The fourth-order valence-corrected chi connectivity index (χ4v) is 2.74. The van der Waals surface area contributed by atoms with E-state index in [1.807, 2.05) is 19.1 Å². The third-order valence-electron chi connectivity index (χ3n) is 4.00. The number of fused-ring (bicyclic) bond motifs is 1. The van der Waals surface area contributed by atoms with Gasteiger partial charge in [0.2, 0.25) is 0 Å². The Kier molecular flexibility index (Phi) is 4.04. The Labute approximate surface area is 150 Å². The maximum atomic E-state index is 12.2. The van der Waals surface area contributed by atoms with Gasteiger partial charge in [-0.3, -0.25) is 14.6 Å². The summed E-state index contributed by atoms with van der Waals surface area (Å²) in [4.78, 5) is 25.4. The summed E-state index contributed by atoms with van der Waals surface area (Å²) in [6.07, 6.45) is 3.96. The molecule has 0 unspecified atom stereocenters. The zero-order valence-electron chi connectivity index (χ0n) is 13.6. The number of carbonyl (C=O) groups excluding carboxylic acids is 1. The van der Waals surface area contributed by atoms with Gasteiger partial charge in [-0.25, -0.2) is 14.8 Å². The smallest absolute Gasteiger partial charge is 0.332 e. The highest BCUT2D eigenvalue weighted by Crippen LogP contribution is 2.30. The van der Waals surface area contributed by atoms with E-state index in [0.29, 0.717) is 40.9 Å². The molecule has 0 saturated heterocycles. The lowest BCUT2D eigenvalue weighted by atomic mass is 10.3. The van der Waals surface area contributed by atoms with Gasteiger partial charge in [0, 0.05) is 6.54 Å². The first kappa shape index (κ1) is 15.9. The van der Waals surface area contributed by atoms with Gasteiger partial charge in [0.1, 0.15) is 22.8 Å². The largest absolute Gasteiger partial charge is 0.460 e. The van der Waals surface area contributed by atoms with Gasteiger partial charge in [-0.05, 0) is 49.9 Å². The SMILES string of the molecule is Cc1ccc(-c2cnc3ccc(NC(=O)N(S)CC4CC4)nc3n2)o1. The van der Waals surface area contributed by atoms with Crippen molar-refractivity contribution in [2.24, 2.45) is 5.92 Å². The fourth-order valence-electron chi connectivity index (χ4n) is 2.46. The average Bonchev–Trinajstić information content (AvgIpc) is 3.31. The summed E-state index contributed by atoms with van der Waals surface area (Å²) in [6.45, 7) is 2.51. The molecule has 1 fully saturated rings. The second-order valence-electron chi connectivity index (χ2n) is 6.16. The number of furan rings is 1. The molecule has 1 N–H and O–H groups in total. The molecule has 0 aromatic carbocycles. The van der Waals surface area contributed by atoms with E-state index in [1.54, 1.807) is 18.3 Å². The van der Waals surface area contributed by atoms with Crippen molar-refractivity contribution in [3.8, 4) is 11.5 Å².